The number of halogens is 1. The normalized spacial score (nSPS) is 10.3. The van der Waals surface area contributed by atoms with Gasteiger partial charge < -0.3 is 10.6 Å². The number of carbonyl (C=O) groups excluding carboxylic acids is 1. The molecule has 0 aliphatic carbocycles. The Morgan fingerprint density at radius 2 is 1.70 bits per heavy atom. The zero-order valence-electron chi connectivity index (χ0n) is 11.3. The number of hydrogen-bond acceptors (Lipinski definition) is 2. The molecule has 3 nitrogen and oxygen atoms in total. The molecule has 2 aromatic carbocycles. The van der Waals surface area contributed by atoms with Crippen molar-refractivity contribution < 1.29 is 4.79 Å². The van der Waals surface area contributed by atoms with E-state index in [1.165, 1.54) is 0 Å². The molecular formula is C16H17ClN2O. The maximum absolute atomic E-state index is 12.2. The highest BCUT2D eigenvalue weighted by atomic mass is 35.5. The quantitative estimate of drug-likeness (QED) is 0.879. The van der Waals surface area contributed by atoms with Crippen LogP contribution in [0.5, 0.6) is 0 Å². The highest BCUT2D eigenvalue weighted by molar-refractivity contribution is 6.31. The maximum Gasteiger partial charge on any atom is 0.227 e. The zero-order chi connectivity index (χ0) is 14.5. The fourth-order valence-electron chi connectivity index (χ4n) is 1.96. The molecule has 0 aromatic heterocycles. The SMILES string of the molecule is CN(Cc1ccccc1N)C(=O)Cc1ccccc1Cl. The lowest BCUT2D eigenvalue weighted by Gasteiger charge is -2.18. The summed E-state index contributed by atoms with van der Waals surface area (Å²) in [5.41, 5.74) is 8.37. The van der Waals surface area contributed by atoms with Gasteiger partial charge in [0, 0.05) is 24.3 Å². The molecule has 0 saturated carbocycles. The maximum atomic E-state index is 12.2. The predicted octanol–water partition coefficient (Wildman–Crippen LogP) is 3.12. The Balaban J connectivity index is 2.03. The Bertz CT molecular complexity index is 613. The van der Waals surface area contributed by atoms with E-state index in [1.807, 2.05) is 42.5 Å². The van der Waals surface area contributed by atoms with Gasteiger partial charge in [0.05, 0.1) is 6.42 Å². The third kappa shape index (κ3) is 3.52. The third-order valence-corrected chi connectivity index (χ3v) is 3.56. The van der Waals surface area contributed by atoms with Crippen LogP contribution in [0.15, 0.2) is 48.5 Å². The average Bonchev–Trinajstić information content (AvgIpc) is 2.43. The standard InChI is InChI=1S/C16H17ClN2O/c1-19(11-13-7-3-5-9-15(13)18)16(20)10-12-6-2-4-8-14(12)17/h2-9H,10-11,18H2,1H3. The number of anilines is 1. The first-order valence-electron chi connectivity index (χ1n) is 6.38. The molecule has 2 aromatic rings. The van der Waals surface area contributed by atoms with Gasteiger partial charge in [0.15, 0.2) is 0 Å². The van der Waals surface area contributed by atoms with Crippen LogP contribution in [0, 0.1) is 0 Å². The highest BCUT2D eigenvalue weighted by Crippen LogP contribution is 2.17. The Labute approximate surface area is 124 Å². The minimum absolute atomic E-state index is 0.0151. The summed E-state index contributed by atoms with van der Waals surface area (Å²) in [5.74, 6) is 0.0151. The molecule has 0 fully saturated rings. The van der Waals surface area contributed by atoms with Crippen LogP contribution in [0.25, 0.3) is 0 Å². The number of nitrogens with zero attached hydrogens (tertiary/aromatic N) is 1. The molecule has 2 N–H and O–H groups in total. The molecular weight excluding hydrogens is 272 g/mol. The summed E-state index contributed by atoms with van der Waals surface area (Å²) in [7, 11) is 1.77. The van der Waals surface area contributed by atoms with Crippen molar-refractivity contribution in [2.45, 2.75) is 13.0 Å². The van der Waals surface area contributed by atoms with E-state index >= 15 is 0 Å². The van der Waals surface area contributed by atoms with Crippen LogP contribution in [0.2, 0.25) is 5.02 Å². The number of likely N-dealkylation sites (N-methyl/N-ethyl adjacent to an activating group) is 1. The van der Waals surface area contributed by atoms with E-state index in [2.05, 4.69) is 0 Å². The van der Waals surface area contributed by atoms with Gasteiger partial charge in [0.1, 0.15) is 0 Å². The number of rotatable bonds is 4. The lowest BCUT2D eigenvalue weighted by Crippen LogP contribution is -2.28. The Kier molecular flexibility index (Phi) is 4.64. The second kappa shape index (κ2) is 6.44. The summed E-state index contributed by atoms with van der Waals surface area (Å²) in [6.45, 7) is 0.496. The van der Waals surface area contributed by atoms with Gasteiger partial charge in [-0.15, -0.1) is 0 Å². The van der Waals surface area contributed by atoms with E-state index in [4.69, 9.17) is 17.3 Å². The lowest BCUT2D eigenvalue weighted by atomic mass is 10.1. The Morgan fingerprint density at radius 3 is 2.35 bits per heavy atom. The van der Waals surface area contributed by atoms with Gasteiger partial charge in [-0.1, -0.05) is 48.0 Å². The summed E-state index contributed by atoms with van der Waals surface area (Å²) in [6.07, 6.45) is 0.295. The smallest absolute Gasteiger partial charge is 0.227 e. The highest BCUT2D eigenvalue weighted by Gasteiger charge is 2.12. The molecule has 104 valence electrons. The van der Waals surface area contributed by atoms with Crippen molar-refractivity contribution in [2.24, 2.45) is 0 Å². The van der Waals surface area contributed by atoms with E-state index < -0.39 is 0 Å². The van der Waals surface area contributed by atoms with Crippen LogP contribution in [0.4, 0.5) is 5.69 Å². The summed E-state index contributed by atoms with van der Waals surface area (Å²) < 4.78 is 0. The zero-order valence-corrected chi connectivity index (χ0v) is 12.1. The van der Waals surface area contributed by atoms with Crippen LogP contribution >= 0.6 is 11.6 Å². The minimum Gasteiger partial charge on any atom is -0.398 e. The number of hydrogen-bond donors (Lipinski definition) is 1. The van der Waals surface area contributed by atoms with Crippen molar-refractivity contribution in [1.82, 2.24) is 4.90 Å². The summed E-state index contributed by atoms with van der Waals surface area (Å²) in [6, 6.07) is 14.9. The molecule has 2 rings (SSSR count). The molecule has 0 atom stereocenters. The van der Waals surface area contributed by atoms with Crippen LogP contribution in [-0.4, -0.2) is 17.9 Å². The Hall–Kier alpha value is -2.00. The number of benzene rings is 2. The number of nitrogens with two attached hydrogens (primary N) is 1. The van der Waals surface area contributed by atoms with Gasteiger partial charge in [0.2, 0.25) is 5.91 Å². The molecule has 0 aliphatic rings. The molecule has 0 aliphatic heterocycles. The number of carbonyl (C=O) groups is 1. The van der Waals surface area contributed by atoms with Gasteiger partial charge >= 0.3 is 0 Å². The van der Waals surface area contributed by atoms with Crippen LogP contribution in [0.3, 0.4) is 0 Å². The fraction of sp³-hybridized carbons (Fsp3) is 0.188. The third-order valence-electron chi connectivity index (χ3n) is 3.19. The first-order chi connectivity index (χ1) is 9.58. The van der Waals surface area contributed by atoms with Crippen molar-refractivity contribution in [3.05, 3.63) is 64.7 Å². The molecule has 0 spiro atoms. The van der Waals surface area contributed by atoms with Crippen LogP contribution in [0.1, 0.15) is 11.1 Å². The van der Waals surface area contributed by atoms with Gasteiger partial charge in [-0.25, -0.2) is 0 Å². The Morgan fingerprint density at radius 1 is 1.10 bits per heavy atom. The summed E-state index contributed by atoms with van der Waals surface area (Å²) >= 11 is 6.07. The monoisotopic (exact) mass is 288 g/mol. The van der Waals surface area contributed by atoms with Gasteiger partial charge in [-0.2, -0.15) is 0 Å². The molecule has 0 unspecified atom stereocenters. The van der Waals surface area contributed by atoms with Crippen molar-refractivity contribution in [2.75, 3.05) is 12.8 Å². The van der Waals surface area contributed by atoms with E-state index in [1.54, 1.807) is 18.0 Å². The minimum atomic E-state index is 0.0151. The van der Waals surface area contributed by atoms with Crippen molar-refractivity contribution in [3.63, 3.8) is 0 Å². The van der Waals surface area contributed by atoms with Crippen LogP contribution in [-0.2, 0) is 17.8 Å². The van der Waals surface area contributed by atoms with Gasteiger partial charge in [-0.3, -0.25) is 4.79 Å². The number of amides is 1. The summed E-state index contributed by atoms with van der Waals surface area (Å²) in [5, 5.41) is 0.619. The average molecular weight is 289 g/mol. The lowest BCUT2D eigenvalue weighted by molar-refractivity contribution is -0.129. The predicted molar refractivity (Wildman–Crippen MR) is 82.5 cm³/mol. The van der Waals surface area contributed by atoms with Crippen molar-refractivity contribution >= 4 is 23.2 Å². The summed E-state index contributed by atoms with van der Waals surface area (Å²) in [4.78, 5) is 13.9. The van der Waals surface area contributed by atoms with Crippen LogP contribution < -0.4 is 5.73 Å². The molecule has 0 radical (unpaired) electrons. The largest absolute Gasteiger partial charge is 0.398 e. The second-order valence-electron chi connectivity index (χ2n) is 4.72. The second-order valence-corrected chi connectivity index (χ2v) is 5.12. The number of para-hydroxylation sites is 1. The van der Waals surface area contributed by atoms with Crippen molar-refractivity contribution in [3.8, 4) is 0 Å². The molecule has 0 heterocycles. The van der Waals surface area contributed by atoms with E-state index in [0.717, 1.165) is 11.1 Å². The molecule has 4 heteroatoms. The molecule has 20 heavy (non-hydrogen) atoms. The molecule has 1 amide bonds. The van der Waals surface area contributed by atoms with E-state index in [0.29, 0.717) is 23.7 Å². The van der Waals surface area contributed by atoms with Crippen molar-refractivity contribution in [1.29, 1.82) is 0 Å². The van der Waals surface area contributed by atoms with Gasteiger partial charge in [-0.05, 0) is 23.3 Å². The van der Waals surface area contributed by atoms with E-state index in [-0.39, 0.29) is 5.91 Å². The first kappa shape index (κ1) is 14.4. The van der Waals surface area contributed by atoms with Gasteiger partial charge in [0.25, 0.3) is 0 Å². The number of nitrogen functional groups attached to an aromatic ring is 1. The first-order valence-corrected chi connectivity index (χ1v) is 6.76. The topological polar surface area (TPSA) is 46.3 Å². The fourth-order valence-corrected chi connectivity index (χ4v) is 2.16. The van der Waals surface area contributed by atoms with E-state index in [9.17, 15) is 4.79 Å². The molecule has 0 saturated heterocycles. The molecule has 0 bridgehead atoms.